The van der Waals surface area contributed by atoms with E-state index in [0.29, 0.717) is 0 Å². The third-order valence-corrected chi connectivity index (χ3v) is 2.45. The molecule has 1 rings (SSSR count). The van der Waals surface area contributed by atoms with Crippen LogP contribution >= 0.6 is 12.4 Å². The molecule has 0 amide bonds. The Hall–Kier alpha value is -1.06. The van der Waals surface area contributed by atoms with Crippen molar-refractivity contribution in [1.29, 1.82) is 0 Å². The van der Waals surface area contributed by atoms with Gasteiger partial charge in [-0.3, -0.25) is 4.79 Å². The maximum atomic E-state index is 11.9. The van der Waals surface area contributed by atoms with E-state index in [4.69, 9.17) is 4.74 Å². The molecule has 0 radical (unpaired) electrons. The number of hydrogen-bond donors (Lipinski definition) is 1. The highest BCUT2D eigenvalue weighted by molar-refractivity contribution is 6.00. The molecule has 0 aliphatic carbocycles. The van der Waals surface area contributed by atoms with Crippen LogP contribution in [0.15, 0.2) is 24.3 Å². The van der Waals surface area contributed by atoms with Crippen molar-refractivity contribution in [3.8, 4) is 5.75 Å². The van der Waals surface area contributed by atoms with Gasteiger partial charge in [0.1, 0.15) is 5.75 Å². The van der Waals surface area contributed by atoms with E-state index in [1.165, 1.54) is 0 Å². The fraction of sp³-hybridized carbons (Fsp3) is 0.417. The number of carbonyl (C=O) groups excluding carboxylic acids is 1. The number of benzene rings is 1. The second-order valence-electron chi connectivity index (χ2n) is 3.34. The molecular weight excluding hydrogens is 226 g/mol. The predicted molar refractivity (Wildman–Crippen MR) is 67.7 cm³/mol. The quantitative estimate of drug-likeness (QED) is 0.807. The molecule has 0 aliphatic heterocycles. The Kier molecular flexibility index (Phi) is 6.77. The van der Waals surface area contributed by atoms with E-state index in [-0.39, 0.29) is 24.2 Å². The summed E-state index contributed by atoms with van der Waals surface area (Å²) in [7, 11) is 3.41. The summed E-state index contributed by atoms with van der Waals surface area (Å²) in [6, 6.07) is 7.09. The van der Waals surface area contributed by atoms with Crippen molar-refractivity contribution in [2.45, 2.75) is 19.4 Å². The molecule has 16 heavy (non-hydrogen) atoms. The van der Waals surface area contributed by atoms with E-state index in [1.807, 2.05) is 6.92 Å². The van der Waals surface area contributed by atoms with E-state index in [9.17, 15) is 4.79 Å². The average Bonchev–Trinajstić information content (AvgIpc) is 2.30. The molecule has 0 aliphatic rings. The molecule has 0 saturated heterocycles. The molecule has 0 bridgehead atoms. The number of ether oxygens (including phenoxy) is 1. The first-order chi connectivity index (χ1) is 7.22. The fourth-order valence-corrected chi connectivity index (χ4v) is 1.48. The lowest BCUT2D eigenvalue weighted by atomic mass is 10.0. The molecule has 1 aromatic carbocycles. The van der Waals surface area contributed by atoms with Gasteiger partial charge >= 0.3 is 0 Å². The molecule has 0 aromatic heterocycles. The van der Waals surface area contributed by atoms with Crippen LogP contribution in [0.1, 0.15) is 23.7 Å². The lowest BCUT2D eigenvalue weighted by molar-refractivity contribution is 0.0945. The van der Waals surface area contributed by atoms with Gasteiger partial charge in [0.05, 0.1) is 13.2 Å². The van der Waals surface area contributed by atoms with Crippen molar-refractivity contribution in [3.63, 3.8) is 0 Å². The van der Waals surface area contributed by atoms with E-state index in [0.717, 1.165) is 17.7 Å². The smallest absolute Gasteiger partial charge is 0.179 e. The minimum Gasteiger partial charge on any atom is -0.497 e. The van der Waals surface area contributed by atoms with Crippen LogP contribution in [0, 0.1) is 0 Å². The standard InChI is InChI=1S/C12H17NO2.ClH/c1-4-11(13-2)12(14)9-5-7-10(15-3)8-6-9;/h5-8,11,13H,4H2,1-3H3;1H. The molecule has 1 atom stereocenters. The highest BCUT2D eigenvalue weighted by Crippen LogP contribution is 2.13. The van der Waals surface area contributed by atoms with E-state index >= 15 is 0 Å². The maximum Gasteiger partial charge on any atom is 0.179 e. The Morgan fingerprint density at radius 3 is 2.31 bits per heavy atom. The number of hydrogen-bond acceptors (Lipinski definition) is 3. The van der Waals surface area contributed by atoms with Gasteiger partial charge in [-0.05, 0) is 37.7 Å². The second-order valence-corrected chi connectivity index (χ2v) is 3.34. The van der Waals surface area contributed by atoms with Crippen molar-refractivity contribution >= 4 is 18.2 Å². The summed E-state index contributed by atoms with van der Waals surface area (Å²) >= 11 is 0. The van der Waals surface area contributed by atoms with E-state index < -0.39 is 0 Å². The van der Waals surface area contributed by atoms with Crippen LogP contribution in [-0.2, 0) is 0 Å². The monoisotopic (exact) mass is 243 g/mol. The fourth-order valence-electron chi connectivity index (χ4n) is 1.48. The third kappa shape index (κ3) is 3.51. The van der Waals surface area contributed by atoms with Gasteiger partial charge < -0.3 is 10.1 Å². The predicted octanol–water partition coefficient (Wildman–Crippen LogP) is 2.30. The molecule has 90 valence electrons. The third-order valence-electron chi connectivity index (χ3n) is 2.45. The van der Waals surface area contributed by atoms with Crippen LogP contribution in [0.3, 0.4) is 0 Å². The zero-order valence-corrected chi connectivity index (χ0v) is 10.6. The van der Waals surface area contributed by atoms with Crippen LogP contribution in [0.4, 0.5) is 0 Å². The molecular formula is C12H18ClNO2. The number of halogens is 1. The Labute approximate surface area is 103 Å². The van der Waals surface area contributed by atoms with Gasteiger partial charge in [0.15, 0.2) is 5.78 Å². The molecule has 1 aromatic rings. The van der Waals surface area contributed by atoms with Crippen LogP contribution in [0.5, 0.6) is 5.75 Å². The first kappa shape index (κ1) is 14.9. The lowest BCUT2D eigenvalue weighted by Gasteiger charge is -2.12. The number of methoxy groups -OCH3 is 1. The summed E-state index contributed by atoms with van der Waals surface area (Å²) in [6.07, 6.45) is 0.793. The topological polar surface area (TPSA) is 38.3 Å². The van der Waals surface area contributed by atoms with Crippen molar-refractivity contribution in [3.05, 3.63) is 29.8 Å². The highest BCUT2D eigenvalue weighted by Gasteiger charge is 2.15. The molecule has 1 N–H and O–H groups in total. The van der Waals surface area contributed by atoms with E-state index in [2.05, 4.69) is 5.32 Å². The van der Waals surface area contributed by atoms with Crippen LogP contribution in [0.2, 0.25) is 0 Å². The van der Waals surface area contributed by atoms with Crippen molar-refractivity contribution < 1.29 is 9.53 Å². The normalized spacial score (nSPS) is 11.4. The van der Waals surface area contributed by atoms with Gasteiger partial charge in [-0.1, -0.05) is 6.92 Å². The number of Topliss-reactive ketones (excluding diaryl/α,β-unsaturated/α-hetero) is 1. The summed E-state index contributed by atoms with van der Waals surface area (Å²) < 4.78 is 5.04. The minimum atomic E-state index is -0.0987. The number of likely N-dealkylation sites (N-methyl/N-ethyl adjacent to an activating group) is 1. The SMILES string of the molecule is CCC(NC)C(=O)c1ccc(OC)cc1.Cl. The number of rotatable bonds is 5. The van der Waals surface area contributed by atoms with Gasteiger partial charge in [-0.25, -0.2) is 0 Å². The Morgan fingerprint density at radius 2 is 1.94 bits per heavy atom. The summed E-state index contributed by atoms with van der Waals surface area (Å²) in [5, 5.41) is 3.00. The number of nitrogens with one attached hydrogen (secondary N) is 1. The molecule has 4 heteroatoms. The van der Waals surface area contributed by atoms with Crippen molar-refractivity contribution in [2.24, 2.45) is 0 Å². The maximum absolute atomic E-state index is 11.9. The van der Waals surface area contributed by atoms with Crippen LogP contribution in [0.25, 0.3) is 0 Å². The van der Waals surface area contributed by atoms with Crippen molar-refractivity contribution in [2.75, 3.05) is 14.2 Å². The second kappa shape index (κ2) is 7.25. The number of carbonyl (C=O) groups is 1. The first-order valence-electron chi connectivity index (χ1n) is 5.08. The van der Waals surface area contributed by atoms with Crippen LogP contribution in [-0.4, -0.2) is 26.0 Å². The van der Waals surface area contributed by atoms with Gasteiger partial charge in [-0.15, -0.1) is 12.4 Å². The molecule has 3 nitrogen and oxygen atoms in total. The zero-order chi connectivity index (χ0) is 11.3. The molecule has 0 saturated carbocycles. The highest BCUT2D eigenvalue weighted by atomic mass is 35.5. The van der Waals surface area contributed by atoms with Crippen molar-refractivity contribution in [1.82, 2.24) is 5.32 Å². The van der Waals surface area contributed by atoms with Crippen LogP contribution < -0.4 is 10.1 Å². The van der Waals surface area contributed by atoms with E-state index in [1.54, 1.807) is 38.4 Å². The summed E-state index contributed by atoms with van der Waals surface area (Å²) in [6.45, 7) is 1.99. The average molecular weight is 244 g/mol. The zero-order valence-electron chi connectivity index (χ0n) is 9.82. The Morgan fingerprint density at radius 1 is 1.38 bits per heavy atom. The molecule has 0 spiro atoms. The lowest BCUT2D eigenvalue weighted by Crippen LogP contribution is -2.33. The van der Waals surface area contributed by atoms with Gasteiger partial charge in [0.2, 0.25) is 0 Å². The van der Waals surface area contributed by atoms with Gasteiger partial charge in [0.25, 0.3) is 0 Å². The summed E-state index contributed by atoms with van der Waals surface area (Å²) in [4.78, 5) is 11.9. The first-order valence-corrected chi connectivity index (χ1v) is 5.08. The van der Waals surface area contributed by atoms with Gasteiger partial charge in [0, 0.05) is 5.56 Å². The number of ketones is 1. The summed E-state index contributed by atoms with van der Waals surface area (Å²) in [5.74, 6) is 0.895. The van der Waals surface area contributed by atoms with Gasteiger partial charge in [-0.2, -0.15) is 0 Å². The Balaban J connectivity index is 0.00000225. The molecule has 1 unspecified atom stereocenters. The molecule has 0 heterocycles. The molecule has 0 fully saturated rings. The largest absolute Gasteiger partial charge is 0.497 e. The summed E-state index contributed by atoms with van der Waals surface area (Å²) in [5.41, 5.74) is 0.719. The minimum absolute atomic E-state index is 0. The Bertz CT molecular complexity index is 320.